The van der Waals surface area contributed by atoms with Crippen LogP contribution in [0.2, 0.25) is 5.02 Å². The lowest BCUT2D eigenvalue weighted by Gasteiger charge is -2.18. The number of hydrogen-bond donors (Lipinski definition) is 1. The number of anilines is 1. The second kappa shape index (κ2) is 10.9. The van der Waals surface area contributed by atoms with Crippen LogP contribution in [0, 0.1) is 12.7 Å². The zero-order valence-electron chi connectivity index (χ0n) is 17.9. The van der Waals surface area contributed by atoms with Crippen LogP contribution >= 0.6 is 11.6 Å². The molecule has 3 rings (SSSR count). The normalized spacial score (nSPS) is 10.6. The van der Waals surface area contributed by atoms with Gasteiger partial charge in [0, 0.05) is 28.4 Å². The van der Waals surface area contributed by atoms with Crippen LogP contribution in [0.25, 0.3) is 0 Å². The Kier molecular flexibility index (Phi) is 7.96. The molecular formula is C26H27ClFNO2. The molecule has 0 heterocycles. The summed E-state index contributed by atoms with van der Waals surface area (Å²) in [7, 11) is 0. The van der Waals surface area contributed by atoms with Gasteiger partial charge >= 0.3 is 0 Å². The fourth-order valence-corrected chi connectivity index (χ4v) is 3.50. The molecule has 3 aromatic carbocycles. The third-order valence-corrected chi connectivity index (χ3v) is 5.35. The van der Waals surface area contributed by atoms with Gasteiger partial charge in [-0.15, -0.1) is 6.58 Å². The zero-order chi connectivity index (χ0) is 22.2. The average Bonchev–Trinajstić information content (AvgIpc) is 2.76. The van der Waals surface area contributed by atoms with E-state index in [1.54, 1.807) is 18.2 Å². The van der Waals surface area contributed by atoms with Crippen molar-refractivity contribution in [2.45, 2.75) is 33.4 Å². The maximum Gasteiger partial charge on any atom is 0.165 e. The highest BCUT2D eigenvalue weighted by atomic mass is 35.5. The molecule has 0 aliphatic rings. The molecule has 0 aliphatic heterocycles. The summed E-state index contributed by atoms with van der Waals surface area (Å²) in [6.07, 6.45) is 2.43. The summed E-state index contributed by atoms with van der Waals surface area (Å²) in [6.45, 7) is 8.98. The van der Waals surface area contributed by atoms with Crippen molar-refractivity contribution >= 4 is 17.3 Å². The molecule has 0 saturated carbocycles. The first-order valence-corrected chi connectivity index (χ1v) is 10.7. The highest BCUT2D eigenvalue weighted by Crippen LogP contribution is 2.35. The lowest BCUT2D eigenvalue weighted by Crippen LogP contribution is -2.07. The fraction of sp³-hybridized carbons (Fsp3) is 0.231. The van der Waals surface area contributed by atoms with Crippen LogP contribution in [0.15, 0.2) is 67.3 Å². The predicted octanol–water partition coefficient (Wildman–Crippen LogP) is 7.11. The van der Waals surface area contributed by atoms with Gasteiger partial charge in [0.05, 0.1) is 6.61 Å². The molecule has 162 valence electrons. The molecule has 3 nitrogen and oxygen atoms in total. The van der Waals surface area contributed by atoms with E-state index in [0.717, 1.165) is 27.4 Å². The van der Waals surface area contributed by atoms with Gasteiger partial charge in [0.1, 0.15) is 12.4 Å². The molecule has 0 aliphatic carbocycles. The summed E-state index contributed by atoms with van der Waals surface area (Å²) >= 11 is 6.23. The summed E-state index contributed by atoms with van der Waals surface area (Å²) < 4.78 is 25.9. The Hall–Kier alpha value is -2.98. The zero-order valence-corrected chi connectivity index (χ0v) is 18.6. The summed E-state index contributed by atoms with van der Waals surface area (Å²) in [5.74, 6) is 0.967. The topological polar surface area (TPSA) is 30.5 Å². The van der Waals surface area contributed by atoms with Gasteiger partial charge in [-0.25, -0.2) is 4.39 Å². The highest BCUT2D eigenvalue weighted by Gasteiger charge is 2.15. The van der Waals surface area contributed by atoms with Crippen LogP contribution < -0.4 is 14.8 Å². The lowest BCUT2D eigenvalue weighted by atomic mass is 10.0. The van der Waals surface area contributed by atoms with Crippen molar-refractivity contribution < 1.29 is 13.9 Å². The third-order valence-electron chi connectivity index (χ3n) is 4.94. The Morgan fingerprint density at radius 3 is 2.61 bits per heavy atom. The third kappa shape index (κ3) is 5.80. The number of halogens is 2. The van der Waals surface area contributed by atoms with Crippen molar-refractivity contribution in [1.29, 1.82) is 0 Å². The van der Waals surface area contributed by atoms with E-state index >= 15 is 0 Å². The monoisotopic (exact) mass is 439 g/mol. The molecule has 0 amide bonds. The number of nitrogens with one attached hydrogen (secondary N) is 1. The van der Waals surface area contributed by atoms with Crippen LogP contribution in [-0.2, 0) is 19.6 Å². The van der Waals surface area contributed by atoms with Crippen molar-refractivity contribution in [2.24, 2.45) is 0 Å². The minimum Gasteiger partial charge on any atom is -0.490 e. The molecule has 0 fully saturated rings. The quantitative estimate of drug-likeness (QED) is 0.341. The van der Waals surface area contributed by atoms with Gasteiger partial charge in [0.2, 0.25) is 0 Å². The standard InChI is InChI=1S/C26H27ClFNO2/c1-4-9-20-14-19(16-29-24-13-8-11-22(27)18(24)3)15-25(30-5-2)26(20)31-17-21-10-6-7-12-23(21)28/h4,6-8,10-15,29H,1,5,9,16-17H2,2-3H3. The minimum absolute atomic E-state index is 0.121. The molecule has 5 heteroatoms. The van der Waals surface area contributed by atoms with Gasteiger partial charge in [-0.3, -0.25) is 0 Å². The SMILES string of the molecule is C=CCc1cc(CNc2cccc(Cl)c2C)cc(OCC)c1OCc1ccccc1F. The van der Waals surface area contributed by atoms with E-state index in [4.69, 9.17) is 21.1 Å². The van der Waals surface area contributed by atoms with E-state index < -0.39 is 0 Å². The fourth-order valence-electron chi connectivity index (χ4n) is 3.32. The lowest BCUT2D eigenvalue weighted by molar-refractivity contribution is 0.263. The molecular weight excluding hydrogens is 413 g/mol. The molecule has 0 saturated heterocycles. The summed E-state index contributed by atoms with van der Waals surface area (Å²) in [5, 5.41) is 4.16. The van der Waals surface area contributed by atoms with Crippen LogP contribution in [0.5, 0.6) is 11.5 Å². The Labute approximate surface area is 188 Å². The molecule has 0 unspecified atom stereocenters. The number of hydrogen-bond acceptors (Lipinski definition) is 3. The number of rotatable bonds is 10. The van der Waals surface area contributed by atoms with Crippen molar-refractivity contribution in [3.8, 4) is 11.5 Å². The van der Waals surface area contributed by atoms with Crippen LogP contribution in [0.4, 0.5) is 10.1 Å². The molecule has 31 heavy (non-hydrogen) atoms. The van der Waals surface area contributed by atoms with E-state index in [9.17, 15) is 4.39 Å². The van der Waals surface area contributed by atoms with Gasteiger partial charge in [-0.05, 0) is 61.7 Å². The molecule has 0 atom stereocenters. The minimum atomic E-state index is -0.288. The smallest absolute Gasteiger partial charge is 0.165 e. The van der Waals surface area contributed by atoms with Gasteiger partial charge < -0.3 is 14.8 Å². The molecule has 0 aromatic heterocycles. The first-order valence-electron chi connectivity index (χ1n) is 10.3. The largest absolute Gasteiger partial charge is 0.490 e. The molecule has 1 N–H and O–H groups in total. The van der Waals surface area contributed by atoms with E-state index in [1.165, 1.54) is 6.07 Å². The first-order chi connectivity index (χ1) is 15.0. The number of benzene rings is 3. The maximum absolute atomic E-state index is 14.0. The number of allylic oxidation sites excluding steroid dienone is 1. The summed E-state index contributed by atoms with van der Waals surface area (Å²) in [5.41, 5.74) is 4.47. The second-order valence-electron chi connectivity index (χ2n) is 7.15. The molecule has 0 radical (unpaired) electrons. The predicted molar refractivity (Wildman–Crippen MR) is 126 cm³/mol. The van der Waals surface area contributed by atoms with Gasteiger partial charge in [-0.2, -0.15) is 0 Å². The Balaban J connectivity index is 1.87. The highest BCUT2D eigenvalue weighted by molar-refractivity contribution is 6.31. The molecule has 0 spiro atoms. The van der Waals surface area contributed by atoms with Crippen LogP contribution in [0.3, 0.4) is 0 Å². The van der Waals surface area contributed by atoms with E-state index in [2.05, 4.69) is 18.0 Å². The Morgan fingerprint density at radius 2 is 1.87 bits per heavy atom. The summed E-state index contributed by atoms with van der Waals surface area (Å²) in [6, 6.07) is 16.4. The van der Waals surface area contributed by atoms with Crippen molar-refractivity contribution in [3.05, 3.63) is 100 Å². The first kappa shape index (κ1) is 22.7. The Bertz CT molecular complexity index is 1050. The van der Waals surface area contributed by atoms with E-state index in [0.29, 0.717) is 36.6 Å². The Morgan fingerprint density at radius 1 is 1.06 bits per heavy atom. The van der Waals surface area contributed by atoms with Crippen molar-refractivity contribution in [3.63, 3.8) is 0 Å². The van der Waals surface area contributed by atoms with Crippen molar-refractivity contribution in [1.82, 2.24) is 0 Å². The van der Waals surface area contributed by atoms with Gasteiger partial charge in [-0.1, -0.05) is 41.9 Å². The average molecular weight is 440 g/mol. The van der Waals surface area contributed by atoms with E-state index in [-0.39, 0.29) is 12.4 Å². The second-order valence-corrected chi connectivity index (χ2v) is 7.56. The van der Waals surface area contributed by atoms with E-state index in [1.807, 2.05) is 44.2 Å². The van der Waals surface area contributed by atoms with Gasteiger partial charge in [0.25, 0.3) is 0 Å². The van der Waals surface area contributed by atoms with Crippen LogP contribution in [0.1, 0.15) is 29.2 Å². The summed E-state index contributed by atoms with van der Waals surface area (Å²) in [4.78, 5) is 0. The van der Waals surface area contributed by atoms with Gasteiger partial charge in [0.15, 0.2) is 11.5 Å². The maximum atomic E-state index is 14.0. The molecule has 0 bridgehead atoms. The molecule has 3 aromatic rings. The number of ether oxygens (including phenoxy) is 2. The van der Waals surface area contributed by atoms with Crippen molar-refractivity contribution in [2.75, 3.05) is 11.9 Å². The van der Waals surface area contributed by atoms with Crippen LogP contribution in [-0.4, -0.2) is 6.61 Å².